The Bertz CT molecular complexity index is 476. The molecule has 0 aromatic carbocycles. The highest BCUT2D eigenvalue weighted by Crippen LogP contribution is 2.13. The molecule has 5 nitrogen and oxygen atoms in total. The zero-order chi connectivity index (χ0) is 13.1. The Kier molecular flexibility index (Phi) is 4.88. The predicted octanol–water partition coefficient (Wildman–Crippen LogP) is 1.17. The van der Waals surface area contributed by atoms with Crippen LogP contribution >= 0.6 is 11.6 Å². The Morgan fingerprint density at radius 2 is 2.18 bits per heavy atom. The molecular weight excluding hydrogens is 264 g/mol. The van der Waals surface area contributed by atoms with E-state index in [1.165, 1.54) is 18.3 Å². The van der Waals surface area contributed by atoms with Gasteiger partial charge in [0.1, 0.15) is 5.15 Å². The summed E-state index contributed by atoms with van der Waals surface area (Å²) in [6.45, 7) is 3.29. The van der Waals surface area contributed by atoms with Crippen LogP contribution < -0.4 is 4.72 Å². The minimum atomic E-state index is -3.61. The first kappa shape index (κ1) is 14.4. The number of hydrogen-bond donors (Lipinski definition) is 2. The number of nitrogens with zero attached hydrogens (tertiary/aromatic N) is 1. The Morgan fingerprint density at radius 1 is 1.53 bits per heavy atom. The first-order chi connectivity index (χ1) is 7.81. The maximum Gasteiger partial charge on any atom is 0.240 e. The van der Waals surface area contributed by atoms with Gasteiger partial charge in [0.25, 0.3) is 0 Å². The Labute approximate surface area is 106 Å². The molecule has 1 heterocycles. The summed E-state index contributed by atoms with van der Waals surface area (Å²) in [7, 11) is -3.61. The Hall–Kier alpha value is -0.690. The number of sulfonamides is 1. The molecule has 0 aliphatic rings. The fourth-order valence-electron chi connectivity index (χ4n) is 1.44. The lowest BCUT2D eigenvalue weighted by atomic mass is 10.2. The summed E-state index contributed by atoms with van der Waals surface area (Å²) in [5.41, 5.74) is 0. The van der Waals surface area contributed by atoms with Crippen molar-refractivity contribution in [3.63, 3.8) is 0 Å². The van der Waals surface area contributed by atoms with Crippen molar-refractivity contribution in [2.45, 2.75) is 37.3 Å². The zero-order valence-corrected chi connectivity index (χ0v) is 11.2. The predicted molar refractivity (Wildman–Crippen MR) is 65.3 cm³/mol. The quantitative estimate of drug-likeness (QED) is 0.793. The van der Waals surface area contributed by atoms with Gasteiger partial charge in [-0.25, -0.2) is 18.1 Å². The van der Waals surface area contributed by atoms with Crippen LogP contribution in [0.1, 0.15) is 20.3 Å². The summed E-state index contributed by atoms with van der Waals surface area (Å²) in [4.78, 5) is 3.78. The summed E-state index contributed by atoms with van der Waals surface area (Å²) >= 11 is 5.63. The van der Waals surface area contributed by atoms with Gasteiger partial charge in [0.05, 0.1) is 11.0 Å². The highest BCUT2D eigenvalue weighted by Gasteiger charge is 2.18. The molecule has 1 rings (SSSR count). The van der Waals surface area contributed by atoms with Gasteiger partial charge in [-0.2, -0.15) is 0 Å². The monoisotopic (exact) mass is 278 g/mol. The van der Waals surface area contributed by atoms with Gasteiger partial charge < -0.3 is 5.11 Å². The van der Waals surface area contributed by atoms with E-state index in [4.69, 9.17) is 16.7 Å². The number of hydrogen-bond acceptors (Lipinski definition) is 4. The summed E-state index contributed by atoms with van der Waals surface area (Å²) in [5.74, 6) is 0. The molecule has 17 heavy (non-hydrogen) atoms. The molecule has 1 aromatic heterocycles. The summed E-state index contributed by atoms with van der Waals surface area (Å²) in [6, 6.07) is 2.29. The molecule has 96 valence electrons. The second-order valence-corrected chi connectivity index (χ2v) is 6.02. The molecule has 7 heteroatoms. The van der Waals surface area contributed by atoms with Crippen molar-refractivity contribution >= 4 is 21.6 Å². The number of nitrogens with one attached hydrogen (secondary N) is 1. The van der Waals surface area contributed by atoms with Crippen LogP contribution in [0.15, 0.2) is 23.2 Å². The van der Waals surface area contributed by atoms with Gasteiger partial charge in [-0.05, 0) is 32.4 Å². The van der Waals surface area contributed by atoms with E-state index in [-0.39, 0.29) is 16.1 Å². The minimum Gasteiger partial charge on any atom is -0.393 e. The van der Waals surface area contributed by atoms with E-state index in [0.717, 1.165) is 0 Å². The van der Waals surface area contributed by atoms with Crippen molar-refractivity contribution in [1.82, 2.24) is 9.71 Å². The molecule has 0 aliphatic heterocycles. The lowest BCUT2D eigenvalue weighted by molar-refractivity contribution is 0.175. The Balaban J connectivity index is 2.82. The van der Waals surface area contributed by atoms with Gasteiger partial charge in [-0.1, -0.05) is 11.6 Å². The number of aromatic nitrogens is 1. The summed E-state index contributed by atoms with van der Waals surface area (Å²) in [5, 5.41) is 9.29. The fraction of sp³-hybridized carbons (Fsp3) is 0.500. The molecule has 2 atom stereocenters. The number of aliphatic hydroxyl groups is 1. The topological polar surface area (TPSA) is 79.3 Å². The molecule has 1 aromatic rings. The van der Waals surface area contributed by atoms with E-state index in [0.29, 0.717) is 6.42 Å². The van der Waals surface area contributed by atoms with Crippen LogP contribution in [0, 0.1) is 0 Å². The van der Waals surface area contributed by atoms with Crippen LogP contribution in [-0.4, -0.2) is 30.7 Å². The lowest BCUT2D eigenvalue weighted by Crippen LogP contribution is -2.34. The summed E-state index contributed by atoms with van der Waals surface area (Å²) in [6.07, 6.45) is 1.11. The lowest BCUT2D eigenvalue weighted by Gasteiger charge is -2.15. The van der Waals surface area contributed by atoms with Crippen molar-refractivity contribution in [2.75, 3.05) is 0 Å². The van der Waals surface area contributed by atoms with E-state index < -0.39 is 16.1 Å². The van der Waals surface area contributed by atoms with Crippen LogP contribution in [0.4, 0.5) is 0 Å². The highest BCUT2D eigenvalue weighted by atomic mass is 35.5. The minimum absolute atomic E-state index is 0.0648. The molecule has 0 saturated carbocycles. The van der Waals surface area contributed by atoms with Crippen molar-refractivity contribution in [2.24, 2.45) is 0 Å². The van der Waals surface area contributed by atoms with E-state index in [2.05, 4.69) is 9.71 Å². The van der Waals surface area contributed by atoms with E-state index in [9.17, 15) is 8.42 Å². The Morgan fingerprint density at radius 3 is 2.71 bits per heavy atom. The average molecular weight is 279 g/mol. The molecule has 0 saturated heterocycles. The van der Waals surface area contributed by atoms with Crippen LogP contribution in [0.25, 0.3) is 0 Å². The first-order valence-electron chi connectivity index (χ1n) is 5.13. The van der Waals surface area contributed by atoms with E-state index in [1.54, 1.807) is 13.8 Å². The van der Waals surface area contributed by atoms with Crippen molar-refractivity contribution in [3.05, 3.63) is 23.5 Å². The van der Waals surface area contributed by atoms with Gasteiger partial charge in [0, 0.05) is 12.2 Å². The van der Waals surface area contributed by atoms with Crippen LogP contribution in [-0.2, 0) is 10.0 Å². The third-order valence-corrected chi connectivity index (χ3v) is 3.85. The standard InChI is InChI=1S/C10H15ClN2O3S/c1-7(5-8(2)14)13-17(15,16)9-3-4-12-10(11)6-9/h3-4,6-8,13-14H,5H2,1-2H3. The largest absolute Gasteiger partial charge is 0.393 e. The molecule has 0 radical (unpaired) electrons. The molecule has 0 bridgehead atoms. The average Bonchev–Trinajstić information content (AvgIpc) is 2.15. The molecule has 0 amide bonds. The van der Waals surface area contributed by atoms with Gasteiger partial charge in [0.2, 0.25) is 10.0 Å². The number of rotatable bonds is 5. The normalized spacial score (nSPS) is 15.5. The van der Waals surface area contributed by atoms with Crippen LogP contribution in [0.3, 0.4) is 0 Å². The van der Waals surface area contributed by atoms with Gasteiger partial charge >= 0.3 is 0 Å². The maximum absolute atomic E-state index is 11.9. The number of pyridine rings is 1. The van der Waals surface area contributed by atoms with Gasteiger partial charge in [-0.15, -0.1) is 0 Å². The molecule has 2 unspecified atom stereocenters. The second-order valence-electron chi connectivity index (χ2n) is 3.92. The van der Waals surface area contributed by atoms with Crippen LogP contribution in [0.2, 0.25) is 5.15 Å². The van der Waals surface area contributed by atoms with E-state index in [1.807, 2.05) is 0 Å². The molecular formula is C10H15ClN2O3S. The van der Waals surface area contributed by atoms with Crippen molar-refractivity contribution < 1.29 is 13.5 Å². The number of aliphatic hydroxyl groups excluding tert-OH is 1. The van der Waals surface area contributed by atoms with Crippen LogP contribution in [0.5, 0.6) is 0 Å². The molecule has 0 aliphatic carbocycles. The third kappa shape index (κ3) is 4.59. The third-order valence-electron chi connectivity index (χ3n) is 2.06. The fourth-order valence-corrected chi connectivity index (χ4v) is 2.95. The summed E-state index contributed by atoms with van der Waals surface area (Å²) < 4.78 is 26.3. The van der Waals surface area contributed by atoms with Gasteiger partial charge in [0.15, 0.2) is 0 Å². The zero-order valence-electron chi connectivity index (χ0n) is 9.59. The second kappa shape index (κ2) is 5.77. The molecule has 0 spiro atoms. The molecule has 0 fully saturated rings. The van der Waals surface area contributed by atoms with Crippen molar-refractivity contribution in [1.29, 1.82) is 0 Å². The maximum atomic E-state index is 11.9. The highest BCUT2D eigenvalue weighted by molar-refractivity contribution is 7.89. The first-order valence-corrected chi connectivity index (χ1v) is 6.99. The van der Waals surface area contributed by atoms with Gasteiger partial charge in [-0.3, -0.25) is 0 Å². The van der Waals surface area contributed by atoms with Crippen molar-refractivity contribution in [3.8, 4) is 0 Å². The SMILES string of the molecule is CC(O)CC(C)NS(=O)(=O)c1ccnc(Cl)c1. The number of halogens is 1. The smallest absolute Gasteiger partial charge is 0.240 e. The molecule has 2 N–H and O–H groups in total. The van der Waals surface area contributed by atoms with E-state index >= 15 is 0 Å².